The summed E-state index contributed by atoms with van der Waals surface area (Å²) in [7, 11) is 4.04. The Bertz CT molecular complexity index is 216. The molecule has 73 valence electrons. The number of phenolic OH excluding ortho intramolecular Hbond substituents is 1. The molecule has 2 nitrogen and oxygen atoms in total. The first kappa shape index (κ1) is 12.0. The van der Waals surface area contributed by atoms with Crippen LogP contribution in [0, 0.1) is 6.92 Å². The molecule has 2 heteroatoms. The fraction of sp³-hybridized carbons (Fsp3) is 0.364. The van der Waals surface area contributed by atoms with E-state index in [0.717, 1.165) is 6.54 Å². The summed E-state index contributed by atoms with van der Waals surface area (Å²) in [5.41, 5.74) is 1.22. The van der Waals surface area contributed by atoms with Crippen molar-refractivity contribution in [1.29, 1.82) is 0 Å². The first-order chi connectivity index (χ1) is 6.18. The normalized spacial score (nSPS) is 9.31. The first-order valence-corrected chi connectivity index (χ1v) is 4.32. The highest BCUT2D eigenvalue weighted by Gasteiger charge is 1.93. The van der Waals surface area contributed by atoms with Gasteiger partial charge in [-0.05, 0) is 31.8 Å². The fourth-order valence-electron chi connectivity index (χ4n) is 0.967. The van der Waals surface area contributed by atoms with Crippen LogP contribution in [0.15, 0.2) is 24.3 Å². The Labute approximate surface area is 80.8 Å². The zero-order valence-corrected chi connectivity index (χ0v) is 8.62. The van der Waals surface area contributed by atoms with Gasteiger partial charge in [0.2, 0.25) is 0 Å². The van der Waals surface area contributed by atoms with Crippen molar-refractivity contribution < 1.29 is 5.11 Å². The predicted molar refractivity (Wildman–Crippen MR) is 56.5 cm³/mol. The lowest BCUT2D eigenvalue weighted by Gasteiger charge is -2.08. The number of aromatic hydroxyl groups is 1. The molecule has 0 aliphatic heterocycles. The molecule has 0 aliphatic rings. The number of rotatable bonds is 2. The van der Waals surface area contributed by atoms with Gasteiger partial charge >= 0.3 is 0 Å². The summed E-state index contributed by atoms with van der Waals surface area (Å²) in [6.45, 7) is 5.92. The van der Waals surface area contributed by atoms with E-state index in [1.54, 1.807) is 19.1 Å². The highest BCUT2D eigenvalue weighted by atomic mass is 16.3. The van der Waals surface area contributed by atoms with Gasteiger partial charge in [-0.25, -0.2) is 0 Å². The largest absolute Gasteiger partial charge is 0.508 e. The Balaban J connectivity index is 0.000000671. The van der Waals surface area contributed by atoms with Gasteiger partial charge in [0.1, 0.15) is 5.75 Å². The third-order valence-corrected chi connectivity index (χ3v) is 1.44. The van der Waals surface area contributed by atoms with Crippen LogP contribution in [-0.2, 0) is 6.54 Å². The molecule has 0 unspecified atom stereocenters. The van der Waals surface area contributed by atoms with Gasteiger partial charge in [0.05, 0.1) is 0 Å². The molecular formula is C11H18NO. The Morgan fingerprint density at radius 1 is 1.15 bits per heavy atom. The van der Waals surface area contributed by atoms with E-state index in [2.05, 4.69) is 11.8 Å². The van der Waals surface area contributed by atoms with Crippen molar-refractivity contribution in [1.82, 2.24) is 4.90 Å². The SMILES string of the molecule is CN(C)Cc1ccc(O)cc1.[CH2]C. The summed E-state index contributed by atoms with van der Waals surface area (Å²) in [5.74, 6) is 0.326. The van der Waals surface area contributed by atoms with E-state index >= 15 is 0 Å². The van der Waals surface area contributed by atoms with Gasteiger partial charge in [-0.2, -0.15) is 0 Å². The molecule has 1 N–H and O–H groups in total. The molecular weight excluding hydrogens is 162 g/mol. The van der Waals surface area contributed by atoms with Crippen LogP contribution in [0.4, 0.5) is 0 Å². The van der Waals surface area contributed by atoms with Gasteiger partial charge in [-0.15, -0.1) is 0 Å². The zero-order chi connectivity index (χ0) is 10.3. The van der Waals surface area contributed by atoms with Crippen molar-refractivity contribution in [2.75, 3.05) is 14.1 Å². The van der Waals surface area contributed by atoms with Crippen molar-refractivity contribution >= 4 is 0 Å². The minimum absolute atomic E-state index is 0.326. The summed E-state index contributed by atoms with van der Waals surface area (Å²) in [6.07, 6.45) is 0. The molecule has 1 radical (unpaired) electrons. The maximum Gasteiger partial charge on any atom is 0.115 e. The average molecular weight is 180 g/mol. The van der Waals surface area contributed by atoms with Crippen LogP contribution in [0.25, 0.3) is 0 Å². The van der Waals surface area contributed by atoms with Gasteiger partial charge in [-0.1, -0.05) is 26.0 Å². The molecule has 0 bridgehead atoms. The maximum absolute atomic E-state index is 8.98. The molecule has 0 saturated heterocycles. The molecule has 1 aromatic rings. The lowest BCUT2D eigenvalue weighted by molar-refractivity contribution is 0.402. The van der Waals surface area contributed by atoms with Crippen LogP contribution in [-0.4, -0.2) is 24.1 Å². The van der Waals surface area contributed by atoms with Gasteiger partial charge in [-0.3, -0.25) is 0 Å². The highest BCUT2D eigenvalue weighted by molar-refractivity contribution is 5.25. The van der Waals surface area contributed by atoms with Gasteiger partial charge in [0, 0.05) is 6.54 Å². The molecule has 0 saturated carbocycles. The van der Waals surface area contributed by atoms with Crippen LogP contribution in [0.2, 0.25) is 0 Å². The van der Waals surface area contributed by atoms with Crippen molar-refractivity contribution in [3.8, 4) is 5.75 Å². The lowest BCUT2D eigenvalue weighted by Crippen LogP contribution is -2.10. The minimum atomic E-state index is 0.326. The summed E-state index contributed by atoms with van der Waals surface area (Å²) in [5, 5.41) is 8.98. The Morgan fingerprint density at radius 3 is 2.00 bits per heavy atom. The number of nitrogens with zero attached hydrogens (tertiary/aromatic N) is 1. The van der Waals surface area contributed by atoms with E-state index < -0.39 is 0 Å². The Hall–Kier alpha value is -1.02. The molecule has 0 aliphatic carbocycles. The molecule has 13 heavy (non-hydrogen) atoms. The quantitative estimate of drug-likeness (QED) is 0.755. The van der Waals surface area contributed by atoms with Crippen molar-refractivity contribution in [3.63, 3.8) is 0 Å². The molecule has 0 spiro atoms. The molecule has 0 fully saturated rings. The molecule has 0 aromatic heterocycles. The number of hydrogen-bond donors (Lipinski definition) is 1. The molecule has 1 aromatic carbocycles. The summed E-state index contributed by atoms with van der Waals surface area (Å²) >= 11 is 0. The Kier molecular flexibility index (Phi) is 5.98. The van der Waals surface area contributed by atoms with Crippen LogP contribution in [0.3, 0.4) is 0 Å². The topological polar surface area (TPSA) is 23.5 Å². The summed E-state index contributed by atoms with van der Waals surface area (Å²) < 4.78 is 0. The van der Waals surface area contributed by atoms with E-state index in [4.69, 9.17) is 5.11 Å². The predicted octanol–water partition coefficient (Wildman–Crippen LogP) is 2.29. The molecule has 0 heterocycles. The number of hydrogen-bond acceptors (Lipinski definition) is 2. The van der Waals surface area contributed by atoms with Crippen LogP contribution in [0.5, 0.6) is 5.75 Å². The number of phenols is 1. The third kappa shape index (κ3) is 5.26. The summed E-state index contributed by atoms with van der Waals surface area (Å²) in [4.78, 5) is 2.09. The van der Waals surface area contributed by atoms with Crippen LogP contribution < -0.4 is 0 Å². The Morgan fingerprint density at radius 2 is 1.62 bits per heavy atom. The minimum Gasteiger partial charge on any atom is -0.508 e. The fourth-order valence-corrected chi connectivity index (χ4v) is 0.967. The first-order valence-electron chi connectivity index (χ1n) is 4.32. The van der Waals surface area contributed by atoms with Gasteiger partial charge in [0.25, 0.3) is 0 Å². The second kappa shape index (κ2) is 6.49. The van der Waals surface area contributed by atoms with Crippen molar-refractivity contribution in [3.05, 3.63) is 36.8 Å². The van der Waals surface area contributed by atoms with E-state index in [1.807, 2.05) is 26.2 Å². The molecule has 1 rings (SSSR count). The average Bonchev–Trinajstić information content (AvgIpc) is 2.12. The van der Waals surface area contributed by atoms with Crippen molar-refractivity contribution in [2.24, 2.45) is 0 Å². The van der Waals surface area contributed by atoms with E-state index in [9.17, 15) is 0 Å². The molecule has 0 atom stereocenters. The third-order valence-electron chi connectivity index (χ3n) is 1.44. The van der Waals surface area contributed by atoms with E-state index in [1.165, 1.54) is 5.56 Å². The highest BCUT2D eigenvalue weighted by Crippen LogP contribution is 2.10. The second-order valence-electron chi connectivity index (χ2n) is 2.90. The van der Waals surface area contributed by atoms with Gasteiger partial charge < -0.3 is 10.0 Å². The second-order valence-corrected chi connectivity index (χ2v) is 2.90. The van der Waals surface area contributed by atoms with Crippen LogP contribution in [0.1, 0.15) is 12.5 Å². The number of benzene rings is 1. The molecule has 0 amide bonds. The standard InChI is InChI=1S/C9H13NO.C2H5/c1-10(2)7-8-3-5-9(11)6-4-8;1-2/h3-6,11H,7H2,1-2H3;1H2,2H3. The smallest absolute Gasteiger partial charge is 0.115 e. The monoisotopic (exact) mass is 180 g/mol. The maximum atomic E-state index is 8.98. The lowest BCUT2D eigenvalue weighted by atomic mass is 10.2. The van der Waals surface area contributed by atoms with Gasteiger partial charge in [0.15, 0.2) is 0 Å². The zero-order valence-electron chi connectivity index (χ0n) is 8.62. The van der Waals surface area contributed by atoms with E-state index in [0.29, 0.717) is 5.75 Å². The van der Waals surface area contributed by atoms with E-state index in [-0.39, 0.29) is 0 Å². The summed E-state index contributed by atoms with van der Waals surface area (Å²) in [6, 6.07) is 7.27. The van der Waals surface area contributed by atoms with Crippen molar-refractivity contribution in [2.45, 2.75) is 13.5 Å². The van der Waals surface area contributed by atoms with Crippen LogP contribution >= 0.6 is 0 Å².